The van der Waals surface area contributed by atoms with E-state index in [4.69, 9.17) is 4.74 Å². The van der Waals surface area contributed by atoms with Crippen molar-refractivity contribution >= 4 is 11.8 Å². The molecule has 2 nitrogen and oxygen atoms in total. The SMILES string of the molecule is CCCOCC(CSCCC)NC. The number of likely N-dealkylation sites (N-methyl/N-ethyl adjacent to an activating group) is 1. The Morgan fingerprint density at radius 3 is 2.62 bits per heavy atom. The molecule has 0 spiro atoms. The molecule has 0 aliphatic heterocycles. The van der Waals surface area contributed by atoms with Crippen molar-refractivity contribution in [3.63, 3.8) is 0 Å². The van der Waals surface area contributed by atoms with Gasteiger partial charge in [0.2, 0.25) is 0 Å². The van der Waals surface area contributed by atoms with Gasteiger partial charge in [0.1, 0.15) is 0 Å². The van der Waals surface area contributed by atoms with Crippen molar-refractivity contribution in [3.8, 4) is 0 Å². The molecule has 80 valence electrons. The smallest absolute Gasteiger partial charge is 0.0627 e. The van der Waals surface area contributed by atoms with E-state index < -0.39 is 0 Å². The number of ether oxygens (including phenoxy) is 1. The van der Waals surface area contributed by atoms with Crippen molar-refractivity contribution in [2.45, 2.75) is 32.7 Å². The summed E-state index contributed by atoms with van der Waals surface area (Å²) in [6, 6.07) is 0.517. The lowest BCUT2D eigenvalue weighted by molar-refractivity contribution is 0.119. The Morgan fingerprint density at radius 2 is 2.08 bits per heavy atom. The van der Waals surface area contributed by atoms with Crippen LogP contribution in [0.25, 0.3) is 0 Å². The molecular formula is C10H23NOS. The van der Waals surface area contributed by atoms with Gasteiger partial charge in [-0.2, -0.15) is 11.8 Å². The molecule has 1 unspecified atom stereocenters. The Balaban J connectivity index is 3.28. The first-order chi connectivity index (χ1) is 6.35. The molecule has 0 aromatic rings. The quantitative estimate of drug-likeness (QED) is 0.583. The Morgan fingerprint density at radius 1 is 1.31 bits per heavy atom. The van der Waals surface area contributed by atoms with Crippen LogP contribution >= 0.6 is 11.8 Å². The maximum Gasteiger partial charge on any atom is 0.0627 e. The van der Waals surface area contributed by atoms with Gasteiger partial charge in [0, 0.05) is 18.4 Å². The van der Waals surface area contributed by atoms with E-state index >= 15 is 0 Å². The van der Waals surface area contributed by atoms with Crippen LogP contribution in [-0.2, 0) is 4.74 Å². The first-order valence-corrected chi connectivity index (χ1v) is 6.33. The summed E-state index contributed by atoms with van der Waals surface area (Å²) in [7, 11) is 2.01. The van der Waals surface area contributed by atoms with Crippen LogP contribution in [0.4, 0.5) is 0 Å². The minimum atomic E-state index is 0.517. The summed E-state index contributed by atoms with van der Waals surface area (Å²) in [5, 5.41) is 3.27. The van der Waals surface area contributed by atoms with Crippen LogP contribution in [0.5, 0.6) is 0 Å². The average Bonchev–Trinajstić information content (AvgIpc) is 2.16. The first kappa shape index (κ1) is 13.3. The van der Waals surface area contributed by atoms with E-state index in [1.54, 1.807) is 0 Å². The normalized spacial score (nSPS) is 13.2. The van der Waals surface area contributed by atoms with Crippen molar-refractivity contribution < 1.29 is 4.74 Å². The number of rotatable bonds is 9. The van der Waals surface area contributed by atoms with Crippen molar-refractivity contribution in [2.24, 2.45) is 0 Å². The third-order valence-corrected chi connectivity index (χ3v) is 3.08. The maximum absolute atomic E-state index is 5.49. The van der Waals surface area contributed by atoms with Crippen molar-refractivity contribution in [3.05, 3.63) is 0 Å². The van der Waals surface area contributed by atoms with Crippen LogP contribution in [0.1, 0.15) is 26.7 Å². The summed E-state index contributed by atoms with van der Waals surface area (Å²) in [4.78, 5) is 0. The zero-order valence-electron chi connectivity index (χ0n) is 9.14. The molecule has 3 heteroatoms. The first-order valence-electron chi connectivity index (χ1n) is 5.17. The summed E-state index contributed by atoms with van der Waals surface area (Å²) >= 11 is 2.00. The molecule has 0 aliphatic carbocycles. The van der Waals surface area contributed by atoms with Crippen LogP contribution in [0, 0.1) is 0 Å². The second-order valence-electron chi connectivity index (χ2n) is 3.14. The molecule has 0 radical (unpaired) electrons. The summed E-state index contributed by atoms with van der Waals surface area (Å²) in [5.41, 5.74) is 0. The molecule has 0 aromatic carbocycles. The van der Waals surface area contributed by atoms with Crippen molar-refractivity contribution in [2.75, 3.05) is 31.8 Å². The molecule has 0 fully saturated rings. The molecule has 1 atom stereocenters. The van der Waals surface area contributed by atoms with E-state index in [0.29, 0.717) is 6.04 Å². The van der Waals surface area contributed by atoms with E-state index in [-0.39, 0.29) is 0 Å². The van der Waals surface area contributed by atoms with Crippen LogP contribution in [0.15, 0.2) is 0 Å². The van der Waals surface area contributed by atoms with Crippen LogP contribution in [0.2, 0.25) is 0 Å². The Hall–Kier alpha value is 0.270. The standard InChI is InChI=1S/C10H23NOS/c1-4-6-12-8-10(11-3)9-13-7-5-2/h10-11H,4-9H2,1-3H3. The Bertz CT molecular complexity index is 90.9. The molecule has 1 N–H and O–H groups in total. The van der Waals surface area contributed by atoms with Gasteiger partial charge in [0.15, 0.2) is 0 Å². The number of hydrogen-bond donors (Lipinski definition) is 1. The van der Waals surface area contributed by atoms with Gasteiger partial charge in [-0.25, -0.2) is 0 Å². The van der Waals surface area contributed by atoms with Gasteiger partial charge in [-0.1, -0.05) is 13.8 Å². The molecule has 0 saturated heterocycles. The molecule has 0 amide bonds. The third kappa shape index (κ3) is 8.60. The molecular weight excluding hydrogens is 182 g/mol. The van der Waals surface area contributed by atoms with Crippen molar-refractivity contribution in [1.29, 1.82) is 0 Å². The molecule has 0 bridgehead atoms. The van der Waals surface area contributed by atoms with E-state index in [0.717, 1.165) is 25.4 Å². The number of hydrogen-bond acceptors (Lipinski definition) is 3. The number of nitrogens with one attached hydrogen (secondary N) is 1. The highest BCUT2D eigenvalue weighted by molar-refractivity contribution is 7.99. The van der Waals surface area contributed by atoms with E-state index in [2.05, 4.69) is 19.2 Å². The summed E-state index contributed by atoms with van der Waals surface area (Å²) < 4.78 is 5.49. The van der Waals surface area contributed by atoms with Gasteiger partial charge in [-0.3, -0.25) is 0 Å². The maximum atomic E-state index is 5.49. The van der Waals surface area contributed by atoms with Gasteiger partial charge in [-0.05, 0) is 25.6 Å². The zero-order valence-corrected chi connectivity index (χ0v) is 9.95. The van der Waals surface area contributed by atoms with Gasteiger partial charge in [-0.15, -0.1) is 0 Å². The Labute approximate surface area is 86.8 Å². The zero-order chi connectivity index (χ0) is 9.94. The molecule has 0 heterocycles. The van der Waals surface area contributed by atoms with E-state index in [1.807, 2.05) is 18.8 Å². The summed E-state index contributed by atoms with van der Waals surface area (Å²) in [5.74, 6) is 2.42. The summed E-state index contributed by atoms with van der Waals surface area (Å²) in [6.07, 6.45) is 2.37. The lowest BCUT2D eigenvalue weighted by atomic mass is 10.4. The van der Waals surface area contributed by atoms with E-state index in [9.17, 15) is 0 Å². The summed E-state index contributed by atoms with van der Waals surface area (Å²) in [6.45, 7) is 6.09. The molecule has 0 saturated carbocycles. The Kier molecular flexibility index (Phi) is 10.6. The molecule has 0 aromatic heterocycles. The van der Waals surface area contributed by atoms with Crippen LogP contribution in [-0.4, -0.2) is 37.8 Å². The van der Waals surface area contributed by atoms with Gasteiger partial charge in [0.25, 0.3) is 0 Å². The molecule has 0 aliphatic rings. The predicted molar refractivity (Wildman–Crippen MR) is 61.6 cm³/mol. The third-order valence-electron chi connectivity index (χ3n) is 1.74. The lowest BCUT2D eigenvalue weighted by Crippen LogP contribution is -2.33. The molecule has 0 rings (SSSR count). The van der Waals surface area contributed by atoms with Crippen molar-refractivity contribution in [1.82, 2.24) is 5.32 Å². The fraction of sp³-hybridized carbons (Fsp3) is 1.00. The van der Waals surface area contributed by atoms with Gasteiger partial charge >= 0.3 is 0 Å². The van der Waals surface area contributed by atoms with Gasteiger partial charge < -0.3 is 10.1 Å². The van der Waals surface area contributed by atoms with E-state index in [1.165, 1.54) is 12.2 Å². The minimum absolute atomic E-state index is 0.517. The number of thioether (sulfide) groups is 1. The fourth-order valence-corrected chi connectivity index (χ4v) is 1.96. The highest BCUT2D eigenvalue weighted by atomic mass is 32.2. The topological polar surface area (TPSA) is 21.3 Å². The highest BCUT2D eigenvalue weighted by Gasteiger charge is 2.04. The largest absolute Gasteiger partial charge is 0.380 e. The van der Waals surface area contributed by atoms with Crippen LogP contribution < -0.4 is 5.32 Å². The second-order valence-corrected chi connectivity index (χ2v) is 4.29. The highest BCUT2D eigenvalue weighted by Crippen LogP contribution is 2.04. The second kappa shape index (κ2) is 10.4. The monoisotopic (exact) mass is 205 g/mol. The fourth-order valence-electron chi connectivity index (χ4n) is 0.955. The average molecular weight is 205 g/mol. The lowest BCUT2D eigenvalue weighted by Gasteiger charge is -2.15. The van der Waals surface area contributed by atoms with Gasteiger partial charge in [0.05, 0.1) is 6.61 Å². The predicted octanol–water partition coefficient (Wildman–Crippen LogP) is 2.14. The van der Waals surface area contributed by atoms with Crippen LogP contribution in [0.3, 0.4) is 0 Å². The molecule has 13 heavy (non-hydrogen) atoms. The minimum Gasteiger partial charge on any atom is -0.380 e.